The first-order valence-corrected chi connectivity index (χ1v) is 6.64. The third-order valence-corrected chi connectivity index (χ3v) is 4.20. The van der Waals surface area contributed by atoms with Crippen molar-refractivity contribution in [2.75, 3.05) is 13.1 Å². The van der Waals surface area contributed by atoms with Crippen molar-refractivity contribution in [3.8, 4) is 0 Å². The average molecular weight is 246 g/mol. The maximum absolute atomic E-state index is 14.0. The van der Waals surface area contributed by atoms with Gasteiger partial charge in [-0.1, -0.05) is 12.1 Å². The SMILES string of the molecule is Cc1c(C2CCNCC2)n(C)c2c(F)cccc12. The molecule has 0 spiro atoms. The van der Waals surface area contributed by atoms with Crippen LogP contribution in [-0.2, 0) is 7.05 Å². The van der Waals surface area contributed by atoms with Crippen LogP contribution in [0.4, 0.5) is 4.39 Å². The lowest BCUT2D eigenvalue weighted by Crippen LogP contribution is -2.27. The smallest absolute Gasteiger partial charge is 0.147 e. The quantitative estimate of drug-likeness (QED) is 0.818. The topological polar surface area (TPSA) is 17.0 Å². The minimum absolute atomic E-state index is 0.113. The Labute approximate surface area is 107 Å². The second kappa shape index (κ2) is 4.39. The number of rotatable bonds is 1. The summed E-state index contributed by atoms with van der Waals surface area (Å²) in [4.78, 5) is 0. The summed E-state index contributed by atoms with van der Waals surface area (Å²) in [5.74, 6) is 0.446. The van der Waals surface area contributed by atoms with Crippen molar-refractivity contribution in [1.82, 2.24) is 9.88 Å². The Morgan fingerprint density at radius 3 is 2.67 bits per heavy atom. The molecule has 1 fully saturated rings. The molecule has 1 aromatic heterocycles. The van der Waals surface area contributed by atoms with Gasteiger partial charge in [0.2, 0.25) is 0 Å². The van der Waals surface area contributed by atoms with Crippen molar-refractivity contribution in [2.24, 2.45) is 7.05 Å². The predicted molar refractivity (Wildman–Crippen MR) is 72.5 cm³/mol. The maximum atomic E-state index is 14.0. The van der Waals surface area contributed by atoms with Crippen molar-refractivity contribution in [1.29, 1.82) is 0 Å². The van der Waals surface area contributed by atoms with E-state index in [9.17, 15) is 4.39 Å². The molecule has 1 aromatic carbocycles. The van der Waals surface area contributed by atoms with E-state index in [1.165, 1.54) is 11.3 Å². The minimum atomic E-state index is -0.113. The molecule has 0 aliphatic carbocycles. The van der Waals surface area contributed by atoms with Crippen LogP contribution in [0.25, 0.3) is 10.9 Å². The first-order valence-electron chi connectivity index (χ1n) is 6.64. The van der Waals surface area contributed by atoms with Gasteiger partial charge in [-0.3, -0.25) is 0 Å². The summed E-state index contributed by atoms with van der Waals surface area (Å²) in [6.45, 7) is 4.25. The van der Waals surface area contributed by atoms with Crippen LogP contribution >= 0.6 is 0 Å². The van der Waals surface area contributed by atoms with E-state index >= 15 is 0 Å². The van der Waals surface area contributed by atoms with Gasteiger partial charge < -0.3 is 9.88 Å². The van der Waals surface area contributed by atoms with Crippen molar-refractivity contribution >= 4 is 10.9 Å². The zero-order valence-corrected chi connectivity index (χ0v) is 11.0. The molecule has 1 aliphatic rings. The molecule has 3 heteroatoms. The molecule has 0 bridgehead atoms. The van der Waals surface area contributed by atoms with E-state index < -0.39 is 0 Å². The Bertz CT molecular complexity index is 580. The largest absolute Gasteiger partial charge is 0.345 e. The molecule has 1 saturated heterocycles. The van der Waals surface area contributed by atoms with Gasteiger partial charge in [0.05, 0.1) is 5.52 Å². The molecule has 0 unspecified atom stereocenters. The van der Waals surface area contributed by atoms with E-state index in [0.717, 1.165) is 36.8 Å². The third-order valence-electron chi connectivity index (χ3n) is 4.20. The fraction of sp³-hybridized carbons (Fsp3) is 0.467. The summed E-state index contributed by atoms with van der Waals surface area (Å²) in [5.41, 5.74) is 3.32. The van der Waals surface area contributed by atoms with Gasteiger partial charge in [0.15, 0.2) is 0 Å². The number of halogens is 1. The zero-order valence-electron chi connectivity index (χ0n) is 11.0. The number of nitrogens with one attached hydrogen (secondary N) is 1. The first kappa shape index (κ1) is 11.7. The number of hydrogen-bond acceptors (Lipinski definition) is 1. The molecule has 3 rings (SSSR count). The van der Waals surface area contributed by atoms with E-state index in [0.29, 0.717) is 5.92 Å². The van der Waals surface area contributed by atoms with Crippen LogP contribution in [0.15, 0.2) is 18.2 Å². The zero-order chi connectivity index (χ0) is 12.7. The molecule has 2 aromatic rings. The van der Waals surface area contributed by atoms with E-state index in [1.807, 2.05) is 13.1 Å². The molecule has 2 nitrogen and oxygen atoms in total. The summed E-state index contributed by atoms with van der Waals surface area (Å²) < 4.78 is 16.0. The number of aromatic nitrogens is 1. The van der Waals surface area contributed by atoms with Gasteiger partial charge in [-0.15, -0.1) is 0 Å². The molecule has 1 N–H and O–H groups in total. The highest BCUT2D eigenvalue weighted by Crippen LogP contribution is 2.34. The summed E-state index contributed by atoms with van der Waals surface area (Å²) in [6.07, 6.45) is 2.29. The minimum Gasteiger partial charge on any atom is -0.345 e. The van der Waals surface area contributed by atoms with Crippen LogP contribution in [0.3, 0.4) is 0 Å². The lowest BCUT2D eigenvalue weighted by atomic mass is 9.92. The number of nitrogens with zero attached hydrogens (tertiary/aromatic N) is 1. The Morgan fingerprint density at radius 1 is 1.28 bits per heavy atom. The first-order chi connectivity index (χ1) is 8.70. The monoisotopic (exact) mass is 246 g/mol. The van der Waals surface area contributed by atoms with Crippen LogP contribution in [0.5, 0.6) is 0 Å². The van der Waals surface area contributed by atoms with Crippen LogP contribution < -0.4 is 5.32 Å². The number of aryl methyl sites for hydroxylation is 2. The van der Waals surface area contributed by atoms with E-state index in [2.05, 4.69) is 16.8 Å². The standard InChI is InChI=1S/C15H19FN2/c1-10-12-4-3-5-13(16)15(12)18(2)14(10)11-6-8-17-9-7-11/h3-5,11,17H,6-9H2,1-2H3. The summed E-state index contributed by atoms with van der Waals surface area (Å²) in [5, 5.41) is 4.45. The van der Waals surface area contributed by atoms with Crippen LogP contribution in [-0.4, -0.2) is 17.7 Å². The number of piperidine rings is 1. The predicted octanol–water partition coefficient (Wildman–Crippen LogP) is 3.09. The highest BCUT2D eigenvalue weighted by atomic mass is 19.1. The Hall–Kier alpha value is -1.35. The maximum Gasteiger partial charge on any atom is 0.147 e. The van der Waals surface area contributed by atoms with E-state index in [1.54, 1.807) is 12.1 Å². The van der Waals surface area contributed by atoms with Gasteiger partial charge in [0.25, 0.3) is 0 Å². The summed E-state index contributed by atoms with van der Waals surface area (Å²) >= 11 is 0. The van der Waals surface area contributed by atoms with Gasteiger partial charge in [-0.25, -0.2) is 4.39 Å². The van der Waals surface area contributed by atoms with Crippen molar-refractivity contribution < 1.29 is 4.39 Å². The van der Waals surface area contributed by atoms with Crippen LogP contribution in [0, 0.1) is 12.7 Å². The van der Waals surface area contributed by atoms with Crippen LogP contribution in [0.2, 0.25) is 0 Å². The molecule has 0 saturated carbocycles. The molecular weight excluding hydrogens is 227 g/mol. The van der Waals surface area contributed by atoms with E-state index in [-0.39, 0.29) is 5.82 Å². The fourth-order valence-corrected chi connectivity index (χ4v) is 3.34. The molecule has 1 aliphatic heterocycles. The average Bonchev–Trinajstić information content (AvgIpc) is 2.64. The van der Waals surface area contributed by atoms with Crippen molar-refractivity contribution in [3.05, 3.63) is 35.3 Å². The highest BCUT2D eigenvalue weighted by Gasteiger charge is 2.23. The Morgan fingerprint density at radius 2 is 2.00 bits per heavy atom. The van der Waals surface area contributed by atoms with Gasteiger partial charge in [0.1, 0.15) is 5.82 Å². The summed E-state index contributed by atoms with van der Waals surface area (Å²) in [6, 6.07) is 5.38. The molecule has 0 amide bonds. The Kier molecular flexibility index (Phi) is 2.86. The molecule has 0 radical (unpaired) electrons. The second-order valence-electron chi connectivity index (χ2n) is 5.23. The van der Waals surface area contributed by atoms with Gasteiger partial charge >= 0.3 is 0 Å². The normalized spacial score (nSPS) is 17.5. The van der Waals surface area contributed by atoms with E-state index in [4.69, 9.17) is 0 Å². The molecular formula is C15H19FN2. The van der Waals surface area contributed by atoms with Crippen molar-refractivity contribution in [2.45, 2.75) is 25.7 Å². The number of benzene rings is 1. The molecule has 96 valence electrons. The summed E-state index contributed by atoms with van der Waals surface area (Å²) in [7, 11) is 2.00. The van der Waals surface area contributed by atoms with Gasteiger partial charge in [-0.2, -0.15) is 0 Å². The molecule has 2 heterocycles. The second-order valence-corrected chi connectivity index (χ2v) is 5.23. The number of hydrogen-bond donors (Lipinski definition) is 1. The Balaban J connectivity index is 2.20. The molecule has 18 heavy (non-hydrogen) atoms. The van der Waals surface area contributed by atoms with Crippen molar-refractivity contribution in [3.63, 3.8) is 0 Å². The number of fused-ring (bicyclic) bond motifs is 1. The molecule has 0 atom stereocenters. The highest BCUT2D eigenvalue weighted by molar-refractivity contribution is 5.86. The lowest BCUT2D eigenvalue weighted by Gasteiger charge is -2.24. The third kappa shape index (κ3) is 1.65. The lowest BCUT2D eigenvalue weighted by molar-refractivity contribution is 0.445. The fourth-order valence-electron chi connectivity index (χ4n) is 3.34. The number of para-hydroxylation sites is 1. The van der Waals surface area contributed by atoms with Gasteiger partial charge in [0, 0.05) is 24.0 Å². The van der Waals surface area contributed by atoms with Gasteiger partial charge in [-0.05, 0) is 44.5 Å². The van der Waals surface area contributed by atoms with Crippen LogP contribution in [0.1, 0.15) is 30.0 Å².